The molecule has 12 aliphatic rings. The predicted molar refractivity (Wildman–Crippen MR) is 347 cm³/mol. The number of allylic oxidation sites excluding steroid dienone is 1. The van der Waals surface area contributed by atoms with Crippen LogP contribution in [0.5, 0.6) is 0 Å². The molecule has 35 nitrogen and oxygen atoms in total. The van der Waals surface area contributed by atoms with E-state index in [9.17, 15) is 102 Å². The first-order valence-electron chi connectivity index (χ1n) is 37.0. The third-order valence-corrected chi connectivity index (χ3v) is 27.1. The van der Waals surface area contributed by atoms with Crippen molar-refractivity contribution < 1.29 is 173 Å². The standard InChI is InChI=1S/C70H114O35/c1-25-37(74)43(80)48(85)59(95-25)102-53-30(21-72)98-57(51(88)46(53)83)93-23-31-41(78)45(82)50(87)61(99-31)105-64(91)70-18-16-65(3,4)56(90)36(70)27-10-11-34-67(7)14-13-35(66(5,6)33(67)12-15-69(34,9)68(27,8)17-19-70)101-63-55(42(79)32(24-94-63)100-60-49(86)44(81)40(77)29(20-71)97-60)104-62-52(89)54(38(75)26(2)96-62)103-58-47(84)39(76)28(73)22-92-58/h10,25-26,28-63,71-90H,11-24H2,1-9H3. The first-order chi connectivity index (χ1) is 49.2. The van der Waals surface area contributed by atoms with Gasteiger partial charge in [-0.25, -0.2) is 0 Å². The van der Waals surface area contributed by atoms with Crippen LogP contribution in [0.25, 0.3) is 0 Å². The lowest BCUT2D eigenvalue weighted by atomic mass is 9.33. The molecule has 0 aromatic heterocycles. The highest BCUT2D eigenvalue weighted by Crippen LogP contribution is 2.76. The van der Waals surface area contributed by atoms with Crippen LogP contribution in [0.2, 0.25) is 0 Å². The molecule has 35 heteroatoms. The highest BCUT2D eigenvalue weighted by Gasteiger charge is 2.72. The van der Waals surface area contributed by atoms with E-state index in [0.717, 1.165) is 5.57 Å². The SMILES string of the molecule is CC1OC(OC2C(CO)OC(OCC3OC(OC(=O)C45CCC(C)(C)C(O)C4C4=CCC6C7(C)CCC(OC8OCC(OC9OC(CO)C(O)C(O)C9O)C(O)C8OC8OC(C)C(O)C(OC9OCC(O)C(O)C9O)C8O)C(C)(C)C7CCC6(C)C4(C)CC5)C(O)C(O)C3O)C(O)C2O)C(O)C(O)C1O. The highest BCUT2D eigenvalue weighted by molar-refractivity contribution is 5.79. The summed E-state index contributed by atoms with van der Waals surface area (Å²) in [5, 5.41) is 220. The molecular formula is C70H114O35. The monoisotopic (exact) mass is 1510 g/mol. The third-order valence-electron chi connectivity index (χ3n) is 27.1. The van der Waals surface area contributed by atoms with E-state index in [-0.39, 0.29) is 30.1 Å². The van der Waals surface area contributed by atoms with Gasteiger partial charge in [-0.15, -0.1) is 0 Å². The number of carbonyl (C=O) groups is 1. The largest absolute Gasteiger partial charge is 0.432 e. The molecule has 5 aliphatic carbocycles. The molecule has 0 spiro atoms. The molecular weight excluding hydrogens is 1400 g/mol. The van der Waals surface area contributed by atoms with Crippen LogP contribution in [0.1, 0.15) is 120 Å². The van der Waals surface area contributed by atoms with Crippen molar-refractivity contribution in [3.05, 3.63) is 11.6 Å². The number of esters is 1. The summed E-state index contributed by atoms with van der Waals surface area (Å²) >= 11 is 0. The van der Waals surface area contributed by atoms with Gasteiger partial charge in [0.05, 0.1) is 62.9 Å². The van der Waals surface area contributed by atoms with Gasteiger partial charge in [0, 0.05) is 5.92 Å². The number of aliphatic hydroxyl groups is 20. The molecule has 0 radical (unpaired) electrons. The highest BCUT2D eigenvalue weighted by atomic mass is 16.8. The lowest BCUT2D eigenvalue weighted by molar-refractivity contribution is -0.388. The minimum absolute atomic E-state index is 0.0198. The summed E-state index contributed by atoms with van der Waals surface area (Å²) in [6.45, 7) is 14.5. The van der Waals surface area contributed by atoms with Crippen molar-refractivity contribution in [2.75, 3.05) is 33.0 Å². The number of hydrogen-bond acceptors (Lipinski definition) is 35. The van der Waals surface area contributed by atoms with E-state index in [1.165, 1.54) is 13.8 Å². The summed E-state index contributed by atoms with van der Waals surface area (Å²) < 4.78 is 83.9. The van der Waals surface area contributed by atoms with Crippen LogP contribution in [0.15, 0.2) is 11.6 Å². The average molecular weight is 1520 g/mol. The molecule has 12 rings (SSSR count). The van der Waals surface area contributed by atoms with Crippen molar-refractivity contribution in [3.8, 4) is 0 Å². The van der Waals surface area contributed by atoms with Gasteiger partial charge in [-0.05, 0) is 111 Å². The Balaban J connectivity index is 0.750. The lowest BCUT2D eigenvalue weighted by Crippen LogP contribution is -2.68. The molecule has 7 heterocycles. The van der Waals surface area contributed by atoms with Crippen LogP contribution in [0.3, 0.4) is 0 Å². The van der Waals surface area contributed by atoms with Crippen LogP contribution < -0.4 is 0 Å². The fraction of sp³-hybridized carbons (Fsp3) is 0.957. The third kappa shape index (κ3) is 14.3. The average Bonchev–Trinajstić information content (AvgIpc) is 0.672. The maximum Gasteiger partial charge on any atom is 0.315 e. The van der Waals surface area contributed by atoms with Gasteiger partial charge in [0.1, 0.15) is 146 Å². The molecule has 7 saturated heterocycles. The number of carbonyl (C=O) groups excluding carboxylic acids is 1. The van der Waals surface area contributed by atoms with Crippen LogP contribution in [0, 0.1) is 50.2 Å². The van der Waals surface area contributed by atoms with E-state index in [2.05, 4.69) is 40.7 Å². The van der Waals surface area contributed by atoms with Gasteiger partial charge < -0.3 is 168 Å². The second-order valence-electron chi connectivity index (χ2n) is 33.8. The summed E-state index contributed by atoms with van der Waals surface area (Å²) in [5.74, 6) is -1.63. The molecule has 11 fully saturated rings. The zero-order chi connectivity index (χ0) is 76.6. The van der Waals surface area contributed by atoms with E-state index in [1.807, 2.05) is 13.8 Å². The van der Waals surface area contributed by atoms with Crippen molar-refractivity contribution in [1.29, 1.82) is 0 Å². The molecule has 4 saturated carbocycles. The van der Waals surface area contributed by atoms with Crippen molar-refractivity contribution in [1.82, 2.24) is 0 Å². The molecule has 7 aliphatic heterocycles. The van der Waals surface area contributed by atoms with Gasteiger partial charge in [-0.3, -0.25) is 4.79 Å². The van der Waals surface area contributed by atoms with E-state index in [1.54, 1.807) is 0 Å². The van der Waals surface area contributed by atoms with E-state index >= 15 is 4.79 Å². The first kappa shape index (κ1) is 82.4. The quantitative estimate of drug-likeness (QED) is 0.0366. The lowest BCUT2D eigenvalue weighted by Gasteiger charge is -2.71. The smallest absolute Gasteiger partial charge is 0.315 e. The van der Waals surface area contributed by atoms with Crippen LogP contribution in [-0.4, -0.2) is 356 Å². The Kier molecular flexibility index (Phi) is 24.3. The Hall–Kier alpha value is -2.11. The van der Waals surface area contributed by atoms with Crippen molar-refractivity contribution in [2.45, 2.75) is 335 Å². The Morgan fingerprint density at radius 2 is 1.00 bits per heavy atom. The van der Waals surface area contributed by atoms with Crippen LogP contribution in [0.4, 0.5) is 0 Å². The first-order valence-corrected chi connectivity index (χ1v) is 37.0. The normalized spacial score (nSPS) is 55.0. The predicted octanol–water partition coefficient (Wildman–Crippen LogP) is -6.26. The van der Waals surface area contributed by atoms with Crippen molar-refractivity contribution >= 4 is 5.97 Å². The van der Waals surface area contributed by atoms with E-state index in [4.69, 9.17) is 66.3 Å². The van der Waals surface area contributed by atoms with Gasteiger partial charge in [0.2, 0.25) is 6.29 Å². The Morgan fingerprint density at radius 3 is 1.67 bits per heavy atom. The summed E-state index contributed by atoms with van der Waals surface area (Å²) in [6.07, 6.45) is -50.4. The zero-order valence-corrected chi connectivity index (χ0v) is 60.5. The number of rotatable bonds is 17. The maximum absolute atomic E-state index is 15.4. The Bertz CT molecular complexity index is 2990. The van der Waals surface area contributed by atoms with Gasteiger partial charge in [-0.1, -0.05) is 60.1 Å². The molecule has 105 heavy (non-hydrogen) atoms. The van der Waals surface area contributed by atoms with Gasteiger partial charge >= 0.3 is 5.97 Å². The van der Waals surface area contributed by atoms with Crippen molar-refractivity contribution in [3.63, 3.8) is 0 Å². The minimum atomic E-state index is -2.00. The summed E-state index contributed by atoms with van der Waals surface area (Å²) in [7, 11) is 0. The molecule has 0 aromatic carbocycles. The summed E-state index contributed by atoms with van der Waals surface area (Å²) in [5.41, 5.74) is -3.30. The zero-order valence-electron chi connectivity index (χ0n) is 60.5. The summed E-state index contributed by atoms with van der Waals surface area (Å²) in [4.78, 5) is 15.4. The number of ether oxygens (including phenoxy) is 14. The summed E-state index contributed by atoms with van der Waals surface area (Å²) in [6, 6.07) is 0. The molecule has 0 amide bonds. The molecule has 42 unspecified atom stereocenters. The number of fused-ring (bicyclic) bond motifs is 7. The fourth-order valence-electron chi connectivity index (χ4n) is 20.1. The van der Waals surface area contributed by atoms with Crippen molar-refractivity contribution in [2.24, 2.45) is 50.2 Å². The topological polar surface area (TPSA) is 551 Å². The van der Waals surface area contributed by atoms with Gasteiger partial charge in [-0.2, -0.15) is 0 Å². The fourth-order valence-corrected chi connectivity index (χ4v) is 20.1. The maximum atomic E-state index is 15.4. The molecule has 0 aromatic rings. The minimum Gasteiger partial charge on any atom is -0.432 e. The molecule has 20 N–H and O–H groups in total. The number of hydrogen-bond donors (Lipinski definition) is 20. The molecule has 0 bridgehead atoms. The van der Waals surface area contributed by atoms with Gasteiger partial charge in [0.25, 0.3) is 0 Å². The second-order valence-corrected chi connectivity index (χ2v) is 33.8. The van der Waals surface area contributed by atoms with E-state index in [0.29, 0.717) is 44.9 Å². The number of aliphatic hydroxyl groups excluding tert-OH is 20. The Morgan fingerprint density at radius 1 is 0.457 bits per heavy atom. The van der Waals surface area contributed by atoms with E-state index < -0.39 is 287 Å². The second kappa shape index (κ2) is 31.0. The Labute approximate surface area is 607 Å². The van der Waals surface area contributed by atoms with Gasteiger partial charge in [0.15, 0.2) is 37.7 Å². The van der Waals surface area contributed by atoms with Crippen LogP contribution >= 0.6 is 0 Å². The molecule has 604 valence electrons. The molecule has 42 atom stereocenters. The van der Waals surface area contributed by atoms with Crippen LogP contribution in [-0.2, 0) is 71.1 Å².